The first kappa shape index (κ1) is 13.9. The first-order valence-electron chi connectivity index (χ1n) is 6.39. The van der Waals surface area contributed by atoms with Crippen molar-refractivity contribution < 1.29 is 9.53 Å². The maximum atomic E-state index is 11.7. The minimum atomic E-state index is -0.220. The van der Waals surface area contributed by atoms with Gasteiger partial charge in [-0.05, 0) is 32.0 Å². The fourth-order valence-corrected chi connectivity index (χ4v) is 1.72. The van der Waals surface area contributed by atoms with E-state index in [0.717, 1.165) is 5.56 Å². The highest BCUT2D eigenvalue weighted by Crippen LogP contribution is 2.28. The topological polar surface area (TPSA) is 77.2 Å². The Morgan fingerprint density at radius 3 is 2.95 bits per heavy atom. The SMILES string of the molecule is CCNC(=O)c1cc(Oc2cccc(N)c2C)ccn1. The number of rotatable bonds is 4. The van der Waals surface area contributed by atoms with Crippen LogP contribution in [0.25, 0.3) is 0 Å². The molecule has 104 valence electrons. The molecule has 1 aromatic carbocycles. The maximum absolute atomic E-state index is 11.7. The molecule has 0 radical (unpaired) electrons. The van der Waals surface area contributed by atoms with Crippen molar-refractivity contribution in [3.8, 4) is 11.5 Å². The van der Waals surface area contributed by atoms with Gasteiger partial charge in [0.2, 0.25) is 0 Å². The molecule has 3 N–H and O–H groups in total. The predicted molar refractivity (Wildman–Crippen MR) is 77.9 cm³/mol. The standard InChI is InChI=1S/C15H17N3O2/c1-3-17-15(19)13-9-11(7-8-18-13)20-14-6-4-5-12(16)10(14)2/h4-9H,3,16H2,1-2H3,(H,17,19). The van der Waals surface area contributed by atoms with Crippen LogP contribution in [0.4, 0.5) is 5.69 Å². The molecule has 0 aliphatic rings. The third kappa shape index (κ3) is 3.06. The molecule has 0 aliphatic heterocycles. The predicted octanol–water partition coefficient (Wildman–Crippen LogP) is 2.51. The number of nitrogens with zero attached hydrogens (tertiary/aromatic N) is 1. The van der Waals surface area contributed by atoms with Gasteiger partial charge in [0.05, 0.1) is 0 Å². The number of carbonyl (C=O) groups is 1. The van der Waals surface area contributed by atoms with Crippen LogP contribution in [0.1, 0.15) is 23.0 Å². The van der Waals surface area contributed by atoms with E-state index in [9.17, 15) is 4.79 Å². The molecule has 0 aliphatic carbocycles. The summed E-state index contributed by atoms with van der Waals surface area (Å²) in [6, 6.07) is 8.77. The summed E-state index contributed by atoms with van der Waals surface area (Å²) in [4.78, 5) is 15.7. The second-order valence-electron chi connectivity index (χ2n) is 4.31. The third-order valence-electron chi connectivity index (χ3n) is 2.86. The molecule has 0 atom stereocenters. The summed E-state index contributed by atoms with van der Waals surface area (Å²) in [6.07, 6.45) is 1.54. The molecule has 20 heavy (non-hydrogen) atoms. The van der Waals surface area contributed by atoms with Gasteiger partial charge in [-0.2, -0.15) is 0 Å². The lowest BCUT2D eigenvalue weighted by Crippen LogP contribution is -2.23. The fourth-order valence-electron chi connectivity index (χ4n) is 1.72. The van der Waals surface area contributed by atoms with Gasteiger partial charge in [-0.3, -0.25) is 9.78 Å². The molecule has 0 bridgehead atoms. The zero-order valence-corrected chi connectivity index (χ0v) is 11.5. The second kappa shape index (κ2) is 6.06. The van der Waals surface area contributed by atoms with Gasteiger partial charge in [-0.25, -0.2) is 0 Å². The van der Waals surface area contributed by atoms with Crippen molar-refractivity contribution in [2.75, 3.05) is 12.3 Å². The van der Waals surface area contributed by atoms with Gasteiger partial charge in [-0.1, -0.05) is 6.07 Å². The molecule has 1 amide bonds. The lowest BCUT2D eigenvalue weighted by molar-refractivity contribution is 0.0950. The van der Waals surface area contributed by atoms with Crippen LogP contribution in [0.3, 0.4) is 0 Å². The van der Waals surface area contributed by atoms with Gasteiger partial charge < -0.3 is 15.8 Å². The number of hydrogen-bond acceptors (Lipinski definition) is 4. The number of hydrogen-bond donors (Lipinski definition) is 2. The summed E-state index contributed by atoms with van der Waals surface area (Å²) in [6.45, 7) is 4.30. The highest BCUT2D eigenvalue weighted by molar-refractivity contribution is 5.92. The zero-order valence-electron chi connectivity index (χ0n) is 11.5. The van der Waals surface area contributed by atoms with Crippen molar-refractivity contribution in [3.05, 3.63) is 47.8 Å². The highest BCUT2D eigenvalue weighted by Gasteiger charge is 2.09. The summed E-state index contributed by atoms with van der Waals surface area (Å²) in [5.41, 5.74) is 7.69. The van der Waals surface area contributed by atoms with Crippen LogP contribution < -0.4 is 15.8 Å². The van der Waals surface area contributed by atoms with Gasteiger partial charge in [0.25, 0.3) is 5.91 Å². The Labute approximate surface area is 117 Å². The number of ether oxygens (including phenoxy) is 1. The minimum Gasteiger partial charge on any atom is -0.457 e. The monoisotopic (exact) mass is 271 g/mol. The summed E-state index contributed by atoms with van der Waals surface area (Å²) in [5.74, 6) is 0.996. The average Bonchev–Trinajstić information content (AvgIpc) is 2.44. The smallest absolute Gasteiger partial charge is 0.270 e. The lowest BCUT2D eigenvalue weighted by atomic mass is 10.2. The molecule has 5 heteroatoms. The van der Waals surface area contributed by atoms with Crippen molar-refractivity contribution >= 4 is 11.6 Å². The first-order valence-corrected chi connectivity index (χ1v) is 6.39. The molecular formula is C15H17N3O2. The van der Waals surface area contributed by atoms with E-state index in [1.807, 2.05) is 32.0 Å². The Morgan fingerprint density at radius 2 is 2.20 bits per heavy atom. The van der Waals surface area contributed by atoms with E-state index in [2.05, 4.69) is 10.3 Å². The third-order valence-corrected chi connectivity index (χ3v) is 2.86. The molecule has 0 saturated heterocycles. The van der Waals surface area contributed by atoms with E-state index in [1.54, 1.807) is 18.3 Å². The van der Waals surface area contributed by atoms with Gasteiger partial charge in [0, 0.05) is 30.1 Å². The number of anilines is 1. The largest absolute Gasteiger partial charge is 0.457 e. The van der Waals surface area contributed by atoms with Crippen LogP contribution in [0.5, 0.6) is 11.5 Å². The normalized spacial score (nSPS) is 10.1. The average molecular weight is 271 g/mol. The number of carbonyl (C=O) groups excluding carboxylic acids is 1. The van der Waals surface area contributed by atoms with E-state index in [-0.39, 0.29) is 5.91 Å². The summed E-state index contributed by atoms with van der Waals surface area (Å²) in [7, 11) is 0. The van der Waals surface area contributed by atoms with Crippen molar-refractivity contribution in [1.82, 2.24) is 10.3 Å². The van der Waals surface area contributed by atoms with Crippen molar-refractivity contribution in [2.45, 2.75) is 13.8 Å². The Hall–Kier alpha value is -2.56. The number of aromatic nitrogens is 1. The Balaban J connectivity index is 2.24. The van der Waals surface area contributed by atoms with Crippen LogP contribution in [-0.4, -0.2) is 17.4 Å². The van der Waals surface area contributed by atoms with Crippen molar-refractivity contribution in [1.29, 1.82) is 0 Å². The van der Waals surface area contributed by atoms with E-state index >= 15 is 0 Å². The number of nitrogen functional groups attached to an aromatic ring is 1. The van der Waals surface area contributed by atoms with Crippen LogP contribution in [0.15, 0.2) is 36.5 Å². The van der Waals surface area contributed by atoms with E-state index in [4.69, 9.17) is 10.5 Å². The van der Waals surface area contributed by atoms with Gasteiger partial charge >= 0.3 is 0 Å². The van der Waals surface area contributed by atoms with Gasteiger partial charge in [0.1, 0.15) is 17.2 Å². The summed E-state index contributed by atoms with van der Waals surface area (Å²) in [5, 5.41) is 2.70. The second-order valence-corrected chi connectivity index (χ2v) is 4.31. The number of nitrogens with one attached hydrogen (secondary N) is 1. The molecular weight excluding hydrogens is 254 g/mol. The number of pyridine rings is 1. The molecule has 5 nitrogen and oxygen atoms in total. The molecule has 1 aromatic heterocycles. The number of benzene rings is 1. The van der Waals surface area contributed by atoms with Gasteiger partial charge in [0.15, 0.2) is 0 Å². The van der Waals surface area contributed by atoms with E-state index in [0.29, 0.717) is 29.4 Å². The van der Waals surface area contributed by atoms with Crippen molar-refractivity contribution in [3.63, 3.8) is 0 Å². The van der Waals surface area contributed by atoms with E-state index < -0.39 is 0 Å². The number of amides is 1. The van der Waals surface area contributed by atoms with Gasteiger partial charge in [-0.15, -0.1) is 0 Å². The molecule has 0 spiro atoms. The first-order chi connectivity index (χ1) is 9.61. The van der Waals surface area contributed by atoms with E-state index in [1.165, 1.54) is 0 Å². The highest BCUT2D eigenvalue weighted by atomic mass is 16.5. The lowest BCUT2D eigenvalue weighted by Gasteiger charge is -2.10. The summed E-state index contributed by atoms with van der Waals surface area (Å²) >= 11 is 0. The Morgan fingerprint density at radius 1 is 1.40 bits per heavy atom. The minimum absolute atomic E-state index is 0.220. The molecule has 0 fully saturated rings. The fraction of sp³-hybridized carbons (Fsp3) is 0.200. The van der Waals surface area contributed by atoms with Crippen LogP contribution in [0.2, 0.25) is 0 Å². The Bertz CT molecular complexity index is 626. The van der Waals surface area contributed by atoms with Crippen molar-refractivity contribution in [2.24, 2.45) is 0 Å². The van der Waals surface area contributed by atoms with Crippen LogP contribution >= 0.6 is 0 Å². The molecule has 2 rings (SSSR count). The molecule has 1 heterocycles. The van der Waals surface area contributed by atoms with Crippen LogP contribution in [0, 0.1) is 6.92 Å². The number of nitrogens with two attached hydrogens (primary N) is 1. The quantitative estimate of drug-likeness (QED) is 0.838. The Kier molecular flexibility index (Phi) is 4.20. The molecule has 2 aromatic rings. The maximum Gasteiger partial charge on any atom is 0.270 e. The summed E-state index contributed by atoms with van der Waals surface area (Å²) < 4.78 is 5.76. The van der Waals surface area contributed by atoms with Crippen LogP contribution in [-0.2, 0) is 0 Å². The zero-order chi connectivity index (χ0) is 14.5. The molecule has 0 saturated carbocycles. The molecule has 0 unspecified atom stereocenters.